The Hall–Kier alpha value is -2.03. The summed E-state index contributed by atoms with van der Waals surface area (Å²) in [6, 6.07) is 15.3. The van der Waals surface area contributed by atoms with Gasteiger partial charge in [-0.2, -0.15) is 0 Å². The average Bonchev–Trinajstić information content (AvgIpc) is 2.76. The summed E-state index contributed by atoms with van der Waals surface area (Å²) >= 11 is 0. The fraction of sp³-hybridized carbons (Fsp3) is 0. The van der Waals surface area contributed by atoms with Crippen LogP contribution in [-0.2, 0) is 0 Å². The molecule has 0 aliphatic rings. The van der Waals surface area contributed by atoms with Gasteiger partial charge in [-0.1, -0.05) is 35.8 Å². The van der Waals surface area contributed by atoms with Crippen LogP contribution in [0.5, 0.6) is 0 Å². The first-order valence-electron chi connectivity index (χ1n) is 5.05. The molecule has 3 rings (SSSR count). The third-order valence-electron chi connectivity index (χ3n) is 2.47. The highest BCUT2D eigenvalue weighted by atomic mass is 16.3. The van der Waals surface area contributed by atoms with Gasteiger partial charge in [-0.25, -0.2) is 4.98 Å². The van der Waals surface area contributed by atoms with Crippen LogP contribution in [0.2, 0.25) is 0 Å². The standard InChI is InChI=1S/C13H8BNO/c14-10-7-4-8-11-12(10)15-13(16-11)9-5-2-1-3-6-9/h1-8H. The lowest BCUT2D eigenvalue weighted by Crippen LogP contribution is -2.02. The molecule has 2 nitrogen and oxygen atoms in total. The van der Waals surface area contributed by atoms with E-state index in [1.54, 1.807) is 0 Å². The van der Waals surface area contributed by atoms with Gasteiger partial charge in [0, 0.05) is 5.56 Å². The Labute approximate surface area is 94.3 Å². The Balaban J connectivity index is 2.23. The molecule has 3 aromatic rings. The third-order valence-corrected chi connectivity index (χ3v) is 2.47. The molecule has 1 aromatic heterocycles. The van der Waals surface area contributed by atoms with Crippen molar-refractivity contribution < 1.29 is 4.42 Å². The highest BCUT2D eigenvalue weighted by Gasteiger charge is 2.08. The van der Waals surface area contributed by atoms with Gasteiger partial charge in [-0.05, 0) is 18.2 Å². The zero-order chi connectivity index (χ0) is 11.0. The van der Waals surface area contributed by atoms with Gasteiger partial charge in [0.2, 0.25) is 5.89 Å². The Morgan fingerprint density at radius 2 is 1.75 bits per heavy atom. The minimum absolute atomic E-state index is 0.605. The predicted molar refractivity (Wildman–Crippen MR) is 64.8 cm³/mol. The SMILES string of the molecule is [B]c1cccc2oc(-c3ccccc3)nc12. The van der Waals surface area contributed by atoms with Gasteiger partial charge in [-0.3, -0.25) is 0 Å². The largest absolute Gasteiger partial charge is 0.436 e. The smallest absolute Gasteiger partial charge is 0.227 e. The van der Waals surface area contributed by atoms with E-state index in [-0.39, 0.29) is 0 Å². The van der Waals surface area contributed by atoms with Crippen molar-refractivity contribution in [3.63, 3.8) is 0 Å². The number of rotatable bonds is 1. The van der Waals surface area contributed by atoms with Gasteiger partial charge < -0.3 is 4.42 Å². The molecule has 2 radical (unpaired) electrons. The molecule has 0 amide bonds. The maximum atomic E-state index is 5.83. The zero-order valence-corrected chi connectivity index (χ0v) is 8.55. The zero-order valence-electron chi connectivity index (χ0n) is 8.55. The quantitative estimate of drug-likeness (QED) is 0.569. The van der Waals surface area contributed by atoms with Crippen molar-refractivity contribution >= 4 is 24.4 Å². The predicted octanol–water partition coefficient (Wildman–Crippen LogP) is 2.29. The van der Waals surface area contributed by atoms with E-state index < -0.39 is 0 Å². The summed E-state index contributed by atoms with van der Waals surface area (Å²) < 4.78 is 5.64. The van der Waals surface area contributed by atoms with Crippen LogP contribution in [0.1, 0.15) is 0 Å². The molecule has 2 aromatic carbocycles. The summed E-state index contributed by atoms with van der Waals surface area (Å²) in [5.74, 6) is 0.605. The van der Waals surface area contributed by atoms with Crippen LogP contribution in [0, 0.1) is 0 Å². The molecule has 0 saturated heterocycles. The maximum absolute atomic E-state index is 5.83. The highest BCUT2D eigenvalue weighted by Crippen LogP contribution is 2.22. The Morgan fingerprint density at radius 1 is 0.938 bits per heavy atom. The monoisotopic (exact) mass is 205 g/mol. The van der Waals surface area contributed by atoms with Crippen LogP contribution in [0.4, 0.5) is 0 Å². The molecule has 0 N–H and O–H groups in total. The number of benzene rings is 2. The summed E-state index contributed by atoms with van der Waals surface area (Å²) in [4.78, 5) is 4.39. The van der Waals surface area contributed by atoms with Crippen molar-refractivity contribution in [1.82, 2.24) is 4.98 Å². The number of aromatic nitrogens is 1. The minimum atomic E-state index is 0.605. The van der Waals surface area contributed by atoms with Crippen LogP contribution in [0.3, 0.4) is 0 Å². The summed E-state index contributed by atoms with van der Waals surface area (Å²) in [6.45, 7) is 0. The first-order chi connectivity index (χ1) is 7.84. The lowest BCUT2D eigenvalue weighted by Gasteiger charge is -1.91. The summed E-state index contributed by atoms with van der Waals surface area (Å²) in [6.07, 6.45) is 0. The molecule has 0 aliphatic carbocycles. The molecule has 16 heavy (non-hydrogen) atoms. The Bertz CT molecular complexity index is 631. The van der Waals surface area contributed by atoms with E-state index in [0.29, 0.717) is 11.4 Å². The van der Waals surface area contributed by atoms with E-state index in [2.05, 4.69) is 4.98 Å². The number of para-hydroxylation sites is 1. The van der Waals surface area contributed by atoms with E-state index in [4.69, 9.17) is 12.3 Å². The van der Waals surface area contributed by atoms with Crippen LogP contribution in [0.25, 0.3) is 22.6 Å². The first-order valence-corrected chi connectivity index (χ1v) is 5.05. The second-order valence-electron chi connectivity index (χ2n) is 3.58. The highest BCUT2D eigenvalue weighted by molar-refractivity contribution is 6.37. The van der Waals surface area contributed by atoms with E-state index in [1.165, 1.54) is 0 Å². The van der Waals surface area contributed by atoms with Crippen molar-refractivity contribution in [3.05, 3.63) is 48.5 Å². The second kappa shape index (κ2) is 3.52. The number of hydrogen-bond donors (Lipinski definition) is 0. The fourth-order valence-electron chi connectivity index (χ4n) is 1.67. The topological polar surface area (TPSA) is 26.0 Å². The molecule has 0 fully saturated rings. The molecular weight excluding hydrogens is 197 g/mol. The number of fused-ring (bicyclic) bond motifs is 1. The lowest BCUT2D eigenvalue weighted by atomic mass is 9.95. The van der Waals surface area contributed by atoms with Crippen molar-refractivity contribution in [3.8, 4) is 11.5 Å². The normalized spacial score (nSPS) is 10.8. The average molecular weight is 205 g/mol. The first kappa shape index (κ1) is 9.22. The molecule has 0 bridgehead atoms. The van der Waals surface area contributed by atoms with E-state index >= 15 is 0 Å². The molecule has 1 heterocycles. The lowest BCUT2D eigenvalue weighted by molar-refractivity contribution is 0.620. The van der Waals surface area contributed by atoms with Crippen molar-refractivity contribution in [2.45, 2.75) is 0 Å². The molecule has 0 spiro atoms. The number of nitrogens with zero attached hydrogens (tertiary/aromatic N) is 1. The summed E-state index contributed by atoms with van der Waals surface area (Å²) in [5.41, 5.74) is 3.04. The van der Waals surface area contributed by atoms with Crippen molar-refractivity contribution in [2.75, 3.05) is 0 Å². The molecular formula is C13H8BNO. The molecule has 0 saturated carbocycles. The van der Waals surface area contributed by atoms with E-state index in [0.717, 1.165) is 16.7 Å². The van der Waals surface area contributed by atoms with Crippen LogP contribution in [0.15, 0.2) is 52.9 Å². The third kappa shape index (κ3) is 1.41. The Morgan fingerprint density at radius 3 is 2.50 bits per heavy atom. The molecule has 0 unspecified atom stereocenters. The molecule has 0 atom stereocenters. The minimum Gasteiger partial charge on any atom is -0.436 e. The summed E-state index contributed by atoms with van der Waals surface area (Å²) in [7, 11) is 5.83. The Kier molecular flexibility index (Phi) is 2.03. The van der Waals surface area contributed by atoms with Gasteiger partial charge >= 0.3 is 0 Å². The van der Waals surface area contributed by atoms with Gasteiger partial charge in [0.1, 0.15) is 13.4 Å². The van der Waals surface area contributed by atoms with Gasteiger partial charge in [0.25, 0.3) is 0 Å². The number of hydrogen-bond acceptors (Lipinski definition) is 2. The van der Waals surface area contributed by atoms with Gasteiger partial charge in [-0.15, -0.1) is 0 Å². The van der Waals surface area contributed by atoms with Crippen LogP contribution >= 0.6 is 0 Å². The molecule has 3 heteroatoms. The maximum Gasteiger partial charge on any atom is 0.227 e. The van der Waals surface area contributed by atoms with Crippen LogP contribution < -0.4 is 5.46 Å². The molecule has 0 aliphatic heterocycles. The van der Waals surface area contributed by atoms with E-state index in [9.17, 15) is 0 Å². The fourth-order valence-corrected chi connectivity index (χ4v) is 1.67. The van der Waals surface area contributed by atoms with Crippen molar-refractivity contribution in [1.29, 1.82) is 0 Å². The second-order valence-corrected chi connectivity index (χ2v) is 3.58. The van der Waals surface area contributed by atoms with Gasteiger partial charge in [0.05, 0.1) is 0 Å². The number of oxazole rings is 1. The van der Waals surface area contributed by atoms with Crippen LogP contribution in [-0.4, -0.2) is 12.8 Å². The summed E-state index contributed by atoms with van der Waals surface area (Å²) in [5, 5.41) is 0. The van der Waals surface area contributed by atoms with Crippen molar-refractivity contribution in [2.24, 2.45) is 0 Å². The van der Waals surface area contributed by atoms with E-state index in [1.807, 2.05) is 48.5 Å². The molecule has 74 valence electrons. The van der Waals surface area contributed by atoms with Gasteiger partial charge in [0.15, 0.2) is 5.58 Å².